The molecule has 0 aliphatic heterocycles. The number of amides is 1. The van der Waals surface area contributed by atoms with Gasteiger partial charge in [-0.25, -0.2) is 0 Å². The van der Waals surface area contributed by atoms with E-state index in [9.17, 15) is 4.79 Å². The molecule has 0 radical (unpaired) electrons. The van der Waals surface area contributed by atoms with E-state index in [1.165, 1.54) is 0 Å². The highest BCUT2D eigenvalue weighted by atomic mass is 79.9. The average Bonchev–Trinajstić information content (AvgIpc) is 2.22. The molecule has 1 unspecified atom stereocenters. The van der Waals surface area contributed by atoms with Crippen molar-refractivity contribution in [3.05, 3.63) is 0 Å². The zero-order valence-electron chi connectivity index (χ0n) is 10.7. The molecule has 96 valence electrons. The third kappa shape index (κ3) is 6.48. The van der Waals surface area contributed by atoms with Gasteiger partial charge in [0.05, 0.1) is 4.83 Å². The van der Waals surface area contributed by atoms with Gasteiger partial charge in [0.25, 0.3) is 0 Å². The number of carbonyl (C=O) groups excluding carboxylic acids is 1. The van der Waals surface area contributed by atoms with Crippen LogP contribution in [0, 0.1) is 11.3 Å². The van der Waals surface area contributed by atoms with Crippen LogP contribution in [-0.2, 0) is 4.79 Å². The van der Waals surface area contributed by atoms with E-state index in [-0.39, 0.29) is 22.8 Å². The molecule has 0 fully saturated rings. The summed E-state index contributed by atoms with van der Waals surface area (Å²) in [5.74, 6) is 0.340. The van der Waals surface area contributed by atoms with Gasteiger partial charge < -0.3 is 10.4 Å². The Morgan fingerprint density at radius 2 is 2.00 bits per heavy atom. The summed E-state index contributed by atoms with van der Waals surface area (Å²) in [7, 11) is 0. The molecule has 0 bridgehead atoms. The highest BCUT2D eigenvalue weighted by Crippen LogP contribution is 2.21. The van der Waals surface area contributed by atoms with Crippen molar-refractivity contribution in [2.45, 2.75) is 45.4 Å². The summed E-state index contributed by atoms with van der Waals surface area (Å²) < 4.78 is 0. The van der Waals surface area contributed by atoms with Crippen molar-refractivity contribution in [2.75, 3.05) is 13.2 Å². The molecule has 0 aliphatic carbocycles. The third-order valence-electron chi connectivity index (χ3n) is 2.59. The second-order valence-electron chi connectivity index (χ2n) is 5.35. The molecule has 4 heteroatoms. The van der Waals surface area contributed by atoms with Crippen LogP contribution in [0.1, 0.15) is 40.5 Å². The molecule has 2 N–H and O–H groups in total. The molecule has 0 spiro atoms. The molecule has 0 aliphatic rings. The molecule has 0 heterocycles. The van der Waals surface area contributed by atoms with Gasteiger partial charge in [0, 0.05) is 13.2 Å². The number of nitrogens with one attached hydrogen (secondary N) is 1. The smallest absolute Gasteiger partial charge is 0.234 e. The second-order valence-corrected chi connectivity index (χ2v) is 6.34. The van der Waals surface area contributed by atoms with Gasteiger partial charge in [-0.15, -0.1) is 0 Å². The first-order valence-electron chi connectivity index (χ1n) is 5.83. The van der Waals surface area contributed by atoms with Crippen LogP contribution in [-0.4, -0.2) is 29.0 Å². The minimum atomic E-state index is -0.124. The van der Waals surface area contributed by atoms with Gasteiger partial charge in [0.15, 0.2) is 0 Å². The van der Waals surface area contributed by atoms with Crippen LogP contribution >= 0.6 is 15.9 Å². The fourth-order valence-corrected chi connectivity index (χ4v) is 1.53. The van der Waals surface area contributed by atoms with E-state index in [0.717, 1.165) is 12.8 Å². The molecule has 1 atom stereocenters. The summed E-state index contributed by atoms with van der Waals surface area (Å²) in [4.78, 5) is 11.6. The lowest BCUT2D eigenvalue weighted by atomic mass is 9.88. The molecular formula is C12H24BrNO2. The normalized spacial score (nSPS) is 13.9. The predicted molar refractivity (Wildman–Crippen MR) is 70.7 cm³/mol. The first-order chi connectivity index (χ1) is 7.30. The lowest BCUT2D eigenvalue weighted by molar-refractivity contribution is -0.121. The quantitative estimate of drug-likeness (QED) is 0.708. The lowest BCUT2D eigenvalue weighted by Gasteiger charge is -2.25. The lowest BCUT2D eigenvalue weighted by Crippen LogP contribution is -2.39. The van der Waals surface area contributed by atoms with Crippen molar-refractivity contribution in [3.63, 3.8) is 0 Å². The van der Waals surface area contributed by atoms with Gasteiger partial charge in [0.2, 0.25) is 5.91 Å². The van der Waals surface area contributed by atoms with Crippen LogP contribution in [0.4, 0.5) is 0 Å². The minimum Gasteiger partial charge on any atom is -0.396 e. The first-order valence-corrected chi connectivity index (χ1v) is 6.74. The molecule has 0 saturated carbocycles. The third-order valence-corrected chi connectivity index (χ3v) is 4.06. The number of halogens is 1. The minimum absolute atomic E-state index is 0.0437. The Hall–Kier alpha value is -0.0900. The van der Waals surface area contributed by atoms with Crippen molar-refractivity contribution < 1.29 is 9.90 Å². The summed E-state index contributed by atoms with van der Waals surface area (Å²) >= 11 is 3.38. The standard InChI is InChI=1S/C12H24BrNO2/c1-9(2)10(13)11(16)14-8-12(3,4)6-5-7-15/h9-10,15H,5-8H2,1-4H3,(H,14,16). The van der Waals surface area contributed by atoms with E-state index in [1.54, 1.807) is 0 Å². The van der Waals surface area contributed by atoms with Gasteiger partial charge in [-0.2, -0.15) is 0 Å². The molecule has 16 heavy (non-hydrogen) atoms. The second kappa shape index (κ2) is 7.28. The Labute approximate surface area is 107 Å². The first kappa shape index (κ1) is 15.9. The predicted octanol–water partition coefficient (Wildman–Crippen LogP) is 2.32. The van der Waals surface area contributed by atoms with Gasteiger partial charge in [-0.1, -0.05) is 43.6 Å². The SMILES string of the molecule is CC(C)C(Br)C(=O)NCC(C)(C)CCCO. The highest BCUT2D eigenvalue weighted by molar-refractivity contribution is 9.10. The molecule has 0 saturated heterocycles. The van der Waals surface area contributed by atoms with Crippen LogP contribution in [0.3, 0.4) is 0 Å². The molecule has 0 aromatic heterocycles. The van der Waals surface area contributed by atoms with E-state index in [1.807, 2.05) is 13.8 Å². The number of rotatable bonds is 7. The van der Waals surface area contributed by atoms with Crippen LogP contribution in [0.5, 0.6) is 0 Å². The van der Waals surface area contributed by atoms with Crippen molar-refractivity contribution in [3.8, 4) is 0 Å². The molecule has 1 amide bonds. The van der Waals surface area contributed by atoms with Crippen molar-refractivity contribution in [2.24, 2.45) is 11.3 Å². The van der Waals surface area contributed by atoms with E-state index in [0.29, 0.717) is 12.5 Å². The number of hydrogen-bond donors (Lipinski definition) is 2. The van der Waals surface area contributed by atoms with Gasteiger partial charge in [0.1, 0.15) is 0 Å². The van der Waals surface area contributed by atoms with Crippen molar-refractivity contribution >= 4 is 21.8 Å². The van der Waals surface area contributed by atoms with Crippen molar-refractivity contribution in [1.82, 2.24) is 5.32 Å². The van der Waals surface area contributed by atoms with Crippen molar-refractivity contribution in [1.29, 1.82) is 0 Å². The average molecular weight is 294 g/mol. The number of carbonyl (C=O) groups is 1. The Morgan fingerprint density at radius 3 is 2.44 bits per heavy atom. The van der Waals surface area contributed by atoms with Gasteiger partial charge >= 0.3 is 0 Å². The van der Waals surface area contributed by atoms with Crippen LogP contribution in [0.15, 0.2) is 0 Å². The number of hydrogen-bond acceptors (Lipinski definition) is 2. The van der Waals surface area contributed by atoms with Crippen LogP contribution in [0.2, 0.25) is 0 Å². The monoisotopic (exact) mass is 293 g/mol. The van der Waals surface area contributed by atoms with E-state index in [2.05, 4.69) is 35.1 Å². The maximum Gasteiger partial charge on any atom is 0.234 e. The molecule has 0 aromatic rings. The van der Waals surface area contributed by atoms with Crippen LogP contribution < -0.4 is 5.32 Å². The largest absolute Gasteiger partial charge is 0.396 e. The molecule has 3 nitrogen and oxygen atoms in total. The van der Waals surface area contributed by atoms with E-state index >= 15 is 0 Å². The van der Waals surface area contributed by atoms with Gasteiger partial charge in [-0.05, 0) is 24.2 Å². The highest BCUT2D eigenvalue weighted by Gasteiger charge is 2.22. The number of alkyl halides is 1. The summed E-state index contributed by atoms with van der Waals surface area (Å²) in [6.45, 7) is 9.08. The fraction of sp³-hybridized carbons (Fsp3) is 0.917. The molecule has 0 rings (SSSR count). The summed E-state index contributed by atoms with van der Waals surface area (Å²) in [5, 5.41) is 11.7. The molecule has 0 aromatic carbocycles. The summed E-state index contributed by atoms with van der Waals surface area (Å²) in [6, 6.07) is 0. The zero-order valence-corrected chi connectivity index (χ0v) is 12.3. The Kier molecular flexibility index (Phi) is 7.24. The summed E-state index contributed by atoms with van der Waals surface area (Å²) in [5.41, 5.74) is 0.0437. The van der Waals surface area contributed by atoms with Gasteiger partial charge in [-0.3, -0.25) is 4.79 Å². The fourth-order valence-electron chi connectivity index (χ4n) is 1.37. The maximum atomic E-state index is 11.7. The van der Waals surface area contributed by atoms with E-state index in [4.69, 9.17) is 5.11 Å². The number of aliphatic hydroxyl groups is 1. The Morgan fingerprint density at radius 1 is 1.44 bits per heavy atom. The Bertz CT molecular complexity index is 217. The Balaban J connectivity index is 3.99. The topological polar surface area (TPSA) is 49.3 Å². The summed E-state index contributed by atoms with van der Waals surface area (Å²) in [6.07, 6.45) is 1.70. The zero-order chi connectivity index (χ0) is 12.8. The molecular weight excluding hydrogens is 270 g/mol. The maximum absolute atomic E-state index is 11.7. The van der Waals surface area contributed by atoms with E-state index < -0.39 is 0 Å². The van der Waals surface area contributed by atoms with Crippen LogP contribution in [0.25, 0.3) is 0 Å². The number of aliphatic hydroxyl groups excluding tert-OH is 1.